The predicted octanol–water partition coefficient (Wildman–Crippen LogP) is 2.33. The molecule has 18 heavy (non-hydrogen) atoms. The van der Waals surface area contributed by atoms with E-state index in [2.05, 4.69) is 5.10 Å². The minimum atomic E-state index is -0.298. The quantitative estimate of drug-likeness (QED) is 0.833. The largest absolute Gasteiger partial charge is 0.293 e. The Kier molecular flexibility index (Phi) is 2.84. The number of nitrogens with one attached hydrogen (secondary N) is 1. The molecule has 1 heterocycles. The van der Waals surface area contributed by atoms with Crippen LogP contribution >= 0.6 is 0 Å². The Morgan fingerprint density at radius 1 is 1.22 bits per heavy atom. The van der Waals surface area contributed by atoms with Gasteiger partial charge in [-0.1, -0.05) is 39.0 Å². The fourth-order valence-electron chi connectivity index (χ4n) is 1.84. The standard InChI is InChI=1S/C14H15N3O/c1-14(2,3)12-11(9-15)13(18)17(16-12)10-7-5-4-6-8-10/h4-8,16H,1-3H3. The van der Waals surface area contributed by atoms with E-state index in [-0.39, 0.29) is 16.5 Å². The van der Waals surface area contributed by atoms with Crippen LogP contribution in [0.15, 0.2) is 35.1 Å². The lowest BCUT2D eigenvalue weighted by molar-refractivity contribution is 0.559. The maximum Gasteiger partial charge on any atom is 0.289 e. The molecule has 0 fully saturated rings. The molecule has 0 aliphatic carbocycles. The van der Waals surface area contributed by atoms with Crippen molar-refractivity contribution in [3.05, 3.63) is 51.9 Å². The van der Waals surface area contributed by atoms with Gasteiger partial charge in [-0.25, -0.2) is 4.68 Å². The third kappa shape index (κ3) is 1.95. The summed E-state index contributed by atoms with van der Waals surface area (Å²) in [4.78, 5) is 12.2. The topological polar surface area (TPSA) is 61.6 Å². The number of nitriles is 1. The van der Waals surface area contributed by atoms with Gasteiger partial charge in [0.2, 0.25) is 0 Å². The van der Waals surface area contributed by atoms with Crippen molar-refractivity contribution in [3.63, 3.8) is 0 Å². The van der Waals surface area contributed by atoms with Crippen LogP contribution in [0.25, 0.3) is 5.69 Å². The molecule has 0 bridgehead atoms. The zero-order valence-corrected chi connectivity index (χ0v) is 10.7. The van der Waals surface area contributed by atoms with Crippen LogP contribution in [0.5, 0.6) is 0 Å². The van der Waals surface area contributed by atoms with Crippen molar-refractivity contribution in [3.8, 4) is 11.8 Å². The molecular weight excluding hydrogens is 226 g/mol. The number of H-pyrrole nitrogens is 1. The second-order valence-corrected chi connectivity index (χ2v) is 5.20. The van der Waals surface area contributed by atoms with E-state index in [0.717, 1.165) is 5.69 Å². The van der Waals surface area contributed by atoms with Crippen molar-refractivity contribution in [1.82, 2.24) is 9.78 Å². The average molecular weight is 241 g/mol. The molecule has 1 aromatic carbocycles. The van der Waals surface area contributed by atoms with Gasteiger partial charge >= 0.3 is 0 Å². The van der Waals surface area contributed by atoms with Crippen LogP contribution in [0.2, 0.25) is 0 Å². The van der Waals surface area contributed by atoms with Gasteiger partial charge in [0.25, 0.3) is 5.56 Å². The highest BCUT2D eigenvalue weighted by Crippen LogP contribution is 2.22. The highest BCUT2D eigenvalue weighted by atomic mass is 16.1. The Labute approximate surface area is 105 Å². The Balaban J connectivity index is 2.71. The highest BCUT2D eigenvalue weighted by Gasteiger charge is 2.24. The molecule has 0 saturated carbocycles. The first-order chi connectivity index (χ1) is 8.45. The van der Waals surface area contributed by atoms with Gasteiger partial charge in [0.15, 0.2) is 0 Å². The zero-order valence-electron chi connectivity index (χ0n) is 10.7. The minimum Gasteiger partial charge on any atom is -0.293 e. The van der Waals surface area contributed by atoms with E-state index in [1.165, 1.54) is 4.68 Å². The Morgan fingerprint density at radius 3 is 2.28 bits per heavy atom. The molecule has 1 aromatic heterocycles. The summed E-state index contributed by atoms with van der Waals surface area (Å²) in [5.74, 6) is 0. The molecule has 0 aliphatic heterocycles. The van der Waals surface area contributed by atoms with Gasteiger partial charge < -0.3 is 0 Å². The predicted molar refractivity (Wildman–Crippen MR) is 69.8 cm³/mol. The SMILES string of the molecule is CC(C)(C)c1[nH]n(-c2ccccc2)c(=O)c1C#N. The van der Waals surface area contributed by atoms with Crippen molar-refractivity contribution in [2.75, 3.05) is 0 Å². The van der Waals surface area contributed by atoms with E-state index in [1.807, 2.05) is 57.2 Å². The number of nitrogens with zero attached hydrogens (tertiary/aromatic N) is 2. The Bertz CT molecular complexity index is 651. The number of para-hydroxylation sites is 1. The van der Waals surface area contributed by atoms with E-state index < -0.39 is 0 Å². The molecule has 2 rings (SSSR count). The van der Waals surface area contributed by atoms with Crippen molar-refractivity contribution in [2.24, 2.45) is 0 Å². The second kappa shape index (κ2) is 4.19. The molecule has 0 atom stereocenters. The molecule has 0 unspecified atom stereocenters. The summed E-state index contributed by atoms with van der Waals surface area (Å²) in [5.41, 5.74) is 1.01. The van der Waals surface area contributed by atoms with Gasteiger partial charge in [0, 0.05) is 5.41 Å². The van der Waals surface area contributed by atoms with Crippen molar-refractivity contribution >= 4 is 0 Å². The molecule has 0 saturated heterocycles. The first kappa shape index (κ1) is 12.2. The smallest absolute Gasteiger partial charge is 0.289 e. The Hall–Kier alpha value is -2.28. The van der Waals surface area contributed by atoms with Gasteiger partial charge in [-0.05, 0) is 12.1 Å². The number of aromatic amines is 1. The molecule has 1 N–H and O–H groups in total. The maximum atomic E-state index is 12.2. The number of hydrogen-bond donors (Lipinski definition) is 1. The fourth-order valence-corrected chi connectivity index (χ4v) is 1.84. The van der Waals surface area contributed by atoms with Crippen LogP contribution in [-0.2, 0) is 5.41 Å². The van der Waals surface area contributed by atoms with Gasteiger partial charge in [-0.2, -0.15) is 5.26 Å². The van der Waals surface area contributed by atoms with E-state index in [4.69, 9.17) is 5.26 Å². The summed E-state index contributed by atoms with van der Waals surface area (Å²) >= 11 is 0. The molecule has 0 spiro atoms. The van der Waals surface area contributed by atoms with Crippen molar-refractivity contribution < 1.29 is 0 Å². The van der Waals surface area contributed by atoms with Crippen molar-refractivity contribution in [1.29, 1.82) is 5.26 Å². The van der Waals surface area contributed by atoms with Crippen LogP contribution < -0.4 is 5.56 Å². The van der Waals surface area contributed by atoms with Crippen LogP contribution in [0.3, 0.4) is 0 Å². The van der Waals surface area contributed by atoms with Crippen LogP contribution in [0, 0.1) is 11.3 Å². The third-order valence-corrected chi connectivity index (χ3v) is 2.77. The van der Waals surface area contributed by atoms with E-state index in [1.54, 1.807) is 0 Å². The number of rotatable bonds is 1. The van der Waals surface area contributed by atoms with Crippen molar-refractivity contribution in [2.45, 2.75) is 26.2 Å². The molecule has 0 aliphatic rings. The monoisotopic (exact) mass is 241 g/mol. The van der Waals surface area contributed by atoms with E-state index in [0.29, 0.717) is 5.69 Å². The van der Waals surface area contributed by atoms with E-state index in [9.17, 15) is 4.79 Å². The first-order valence-electron chi connectivity index (χ1n) is 5.76. The molecular formula is C14H15N3O. The summed E-state index contributed by atoms with van der Waals surface area (Å²) < 4.78 is 1.42. The van der Waals surface area contributed by atoms with Gasteiger partial charge in [-0.15, -0.1) is 0 Å². The van der Waals surface area contributed by atoms with E-state index >= 15 is 0 Å². The van der Waals surface area contributed by atoms with Gasteiger partial charge in [0.05, 0.1) is 11.4 Å². The van der Waals surface area contributed by atoms with Crippen LogP contribution in [0.1, 0.15) is 32.0 Å². The molecule has 92 valence electrons. The lowest BCUT2D eigenvalue weighted by atomic mass is 9.90. The molecule has 4 nitrogen and oxygen atoms in total. The minimum absolute atomic E-state index is 0.186. The molecule has 0 amide bonds. The fraction of sp³-hybridized carbons (Fsp3) is 0.286. The summed E-state index contributed by atoms with van der Waals surface area (Å²) in [6, 6.07) is 11.2. The maximum absolute atomic E-state index is 12.2. The van der Waals surface area contributed by atoms with Crippen LogP contribution in [0.4, 0.5) is 0 Å². The Morgan fingerprint density at radius 2 is 1.83 bits per heavy atom. The lowest BCUT2D eigenvalue weighted by Crippen LogP contribution is -2.16. The molecule has 2 aromatic rings. The van der Waals surface area contributed by atoms with Crippen LogP contribution in [-0.4, -0.2) is 9.78 Å². The van der Waals surface area contributed by atoms with Gasteiger partial charge in [0.1, 0.15) is 11.6 Å². The summed E-state index contributed by atoms with van der Waals surface area (Å²) in [6.07, 6.45) is 0. The molecule has 4 heteroatoms. The number of benzene rings is 1. The van der Waals surface area contributed by atoms with Gasteiger partial charge in [-0.3, -0.25) is 9.89 Å². The summed E-state index contributed by atoms with van der Waals surface area (Å²) in [6.45, 7) is 5.90. The second-order valence-electron chi connectivity index (χ2n) is 5.20. The average Bonchev–Trinajstić information content (AvgIpc) is 2.67. The highest BCUT2D eigenvalue weighted by molar-refractivity contribution is 5.40. The first-order valence-corrected chi connectivity index (χ1v) is 5.76. The summed E-state index contributed by atoms with van der Waals surface area (Å²) in [7, 11) is 0. The normalized spacial score (nSPS) is 11.2. The summed E-state index contributed by atoms with van der Waals surface area (Å²) in [5, 5.41) is 12.2. The lowest BCUT2D eigenvalue weighted by Gasteiger charge is -2.16. The third-order valence-electron chi connectivity index (χ3n) is 2.77. The molecule has 0 radical (unpaired) electrons. The number of hydrogen-bond acceptors (Lipinski definition) is 2. The zero-order chi connectivity index (χ0) is 13.3. The number of aromatic nitrogens is 2.